The van der Waals surface area contributed by atoms with E-state index in [9.17, 15) is 14.4 Å². The van der Waals surface area contributed by atoms with Crippen LogP contribution in [-0.2, 0) is 19.1 Å². The molecule has 1 unspecified atom stereocenters. The fraction of sp³-hybridized carbons (Fsp3) is 0.158. The van der Waals surface area contributed by atoms with Crippen LogP contribution in [0, 0.1) is 0 Å². The molecule has 4 aromatic carbocycles. The van der Waals surface area contributed by atoms with Crippen LogP contribution in [0.1, 0.15) is 64.1 Å². The number of methoxy groups -OCH3 is 2. The molecule has 0 aliphatic heterocycles. The van der Waals surface area contributed by atoms with Crippen LogP contribution in [-0.4, -0.2) is 38.7 Å². The van der Waals surface area contributed by atoms with Crippen molar-refractivity contribution < 1.29 is 23.9 Å². The molecule has 7 nitrogen and oxygen atoms in total. The Morgan fingerprint density at radius 1 is 0.622 bits per heavy atom. The Morgan fingerprint density at radius 2 is 1.02 bits per heavy atom. The molecule has 4 rings (SSSR count). The van der Waals surface area contributed by atoms with Crippen molar-refractivity contribution in [1.82, 2.24) is 0 Å². The molecule has 45 heavy (non-hydrogen) atoms. The fourth-order valence-corrected chi connectivity index (χ4v) is 3.77. The molecule has 0 saturated heterocycles. The molecular formula is C38H40N2O5. The third kappa shape index (κ3) is 13.6. The van der Waals surface area contributed by atoms with E-state index in [4.69, 9.17) is 5.73 Å². The predicted molar refractivity (Wildman–Crippen MR) is 182 cm³/mol. The molecule has 2 N–H and O–H groups in total. The molecule has 0 spiro atoms. The molecule has 0 aliphatic carbocycles. The average molecular weight is 605 g/mol. The van der Waals surface area contributed by atoms with Crippen LogP contribution in [0.3, 0.4) is 0 Å². The number of esters is 2. The van der Waals surface area contributed by atoms with Crippen LogP contribution in [0.15, 0.2) is 126 Å². The maximum atomic E-state index is 11.2. The lowest BCUT2D eigenvalue weighted by Crippen LogP contribution is -2.03. The van der Waals surface area contributed by atoms with Gasteiger partial charge in [-0.2, -0.15) is 0 Å². The third-order valence-corrected chi connectivity index (χ3v) is 6.36. The Bertz CT molecular complexity index is 1560. The molecule has 0 saturated carbocycles. The van der Waals surface area contributed by atoms with Gasteiger partial charge in [0.1, 0.15) is 0 Å². The SMILES string of the molecule is CC(N)c1ccccc1.COC(=O)/C=C/c1ccccc1C=N[C@H](C)c1ccccc1.COC(=O)/C=C/c1ccccc1C=O. The van der Waals surface area contributed by atoms with E-state index in [1.165, 1.54) is 37.5 Å². The number of nitrogens with two attached hydrogens (primary N) is 1. The Kier molecular flexibility index (Phi) is 16.3. The van der Waals surface area contributed by atoms with Crippen molar-refractivity contribution in [2.45, 2.75) is 25.9 Å². The lowest BCUT2D eigenvalue weighted by Gasteiger charge is -2.06. The number of benzene rings is 4. The summed E-state index contributed by atoms with van der Waals surface area (Å²) in [6.07, 6.45) is 8.57. The van der Waals surface area contributed by atoms with Gasteiger partial charge in [0.25, 0.3) is 0 Å². The van der Waals surface area contributed by atoms with Gasteiger partial charge in [0.05, 0.1) is 20.3 Å². The molecule has 7 heteroatoms. The highest BCUT2D eigenvalue weighted by atomic mass is 16.5. The highest BCUT2D eigenvalue weighted by Crippen LogP contribution is 2.17. The van der Waals surface area contributed by atoms with Crippen LogP contribution in [0.25, 0.3) is 12.2 Å². The number of carbonyl (C=O) groups is 3. The van der Waals surface area contributed by atoms with E-state index in [1.807, 2.05) is 85.9 Å². The summed E-state index contributed by atoms with van der Waals surface area (Å²) in [4.78, 5) is 37.2. The maximum Gasteiger partial charge on any atom is 0.330 e. The van der Waals surface area contributed by atoms with E-state index in [0.29, 0.717) is 11.1 Å². The van der Waals surface area contributed by atoms with Crippen molar-refractivity contribution in [3.63, 3.8) is 0 Å². The van der Waals surface area contributed by atoms with Gasteiger partial charge in [0.2, 0.25) is 0 Å². The standard InChI is InChI=1S/C19H19NO2.C11H10O3.C8H11N/c1-15(16-8-4-3-5-9-16)20-14-18-11-7-6-10-17(18)12-13-19(21)22-2;1-14-11(13)7-6-9-4-2-3-5-10(9)8-12;1-7(9)8-5-3-2-4-6-8/h3-15H,1-2H3;2-8H,1H3;2-7H,9H2,1H3/b13-12+,20-14?;7-6+;/t15-;;/m1../s1. The number of rotatable bonds is 9. The van der Waals surface area contributed by atoms with E-state index >= 15 is 0 Å². The largest absolute Gasteiger partial charge is 0.466 e. The minimum atomic E-state index is -0.439. The molecule has 0 bridgehead atoms. The summed E-state index contributed by atoms with van der Waals surface area (Å²) in [5.74, 6) is -0.810. The molecule has 0 heterocycles. The number of carbonyl (C=O) groups excluding carboxylic acids is 3. The number of aliphatic imine (C=N–C) groups is 1. The van der Waals surface area contributed by atoms with Gasteiger partial charge in [-0.25, -0.2) is 9.59 Å². The monoisotopic (exact) mass is 604 g/mol. The second-order valence-corrected chi connectivity index (χ2v) is 9.65. The predicted octanol–water partition coefficient (Wildman–Crippen LogP) is 7.44. The molecule has 232 valence electrons. The van der Waals surface area contributed by atoms with Crippen molar-refractivity contribution in [2.75, 3.05) is 14.2 Å². The zero-order chi connectivity index (χ0) is 32.9. The number of hydrogen-bond donors (Lipinski definition) is 1. The van der Waals surface area contributed by atoms with Crippen LogP contribution in [0.2, 0.25) is 0 Å². The number of hydrogen-bond acceptors (Lipinski definition) is 7. The second-order valence-electron chi connectivity index (χ2n) is 9.65. The van der Waals surface area contributed by atoms with Crippen LogP contribution < -0.4 is 5.73 Å². The Labute approximate surface area is 265 Å². The summed E-state index contributed by atoms with van der Waals surface area (Å²) in [5, 5.41) is 0. The molecule has 0 aromatic heterocycles. The summed E-state index contributed by atoms with van der Waals surface area (Å²) >= 11 is 0. The summed E-state index contributed by atoms with van der Waals surface area (Å²) in [6.45, 7) is 4.04. The average Bonchev–Trinajstić information content (AvgIpc) is 3.10. The van der Waals surface area contributed by atoms with E-state index < -0.39 is 5.97 Å². The number of ether oxygens (including phenoxy) is 2. The van der Waals surface area contributed by atoms with Gasteiger partial charge in [0.15, 0.2) is 6.29 Å². The Balaban J connectivity index is 0.000000261. The summed E-state index contributed by atoms with van der Waals surface area (Å²) in [7, 11) is 2.67. The maximum absolute atomic E-state index is 11.2. The molecule has 0 radical (unpaired) electrons. The first kappa shape index (κ1) is 35.8. The lowest BCUT2D eigenvalue weighted by molar-refractivity contribution is -0.135. The molecular weight excluding hydrogens is 564 g/mol. The third-order valence-electron chi connectivity index (χ3n) is 6.36. The highest BCUT2D eigenvalue weighted by Gasteiger charge is 2.02. The zero-order valence-corrected chi connectivity index (χ0v) is 26.1. The number of nitrogens with zero attached hydrogens (tertiary/aromatic N) is 1. The van der Waals surface area contributed by atoms with Crippen molar-refractivity contribution >= 4 is 36.6 Å². The van der Waals surface area contributed by atoms with Crippen molar-refractivity contribution in [3.8, 4) is 0 Å². The lowest BCUT2D eigenvalue weighted by atomic mass is 10.1. The van der Waals surface area contributed by atoms with E-state index in [-0.39, 0.29) is 18.1 Å². The first-order chi connectivity index (χ1) is 21.8. The molecule has 2 atom stereocenters. The first-order valence-electron chi connectivity index (χ1n) is 14.3. The molecule has 4 aromatic rings. The fourth-order valence-electron chi connectivity index (χ4n) is 3.77. The molecule has 0 fully saturated rings. The highest BCUT2D eigenvalue weighted by molar-refractivity contribution is 5.91. The van der Waals surface area contributed by atoms with Gasteiger partial charge in [-0.3, -0.25) is 9.79 Å². The van der Waals surface area contributed by atoms with Gasteiger partial charge in [-0.1, -0.05) is 109 Å². The van der Waals surface area contributed by atoms with Gasteiger partial charge >= 0.3 is 11.9 Å². The van der Waals surface area contributed by atoms with Crippen molar-refractivity contribution in [1.29, 1.82) is 0 Å². The van der Waals surface area contributed by atoms with Crippen LogP contribution in [0.4, 0.5) is 0 Å². The van der Waals surface area contributed by atoms with Crippen LogP contribution in [0.5, 0.6) is 0 Å². The first-order valence-corrected chi connectivity index (χ1v) is 14.3. The van der Waals surface area contributed by atoms with Gasteiger partial charge < -0.3 is 15.2 Å². The minimum Gasteiger partial charge on any atom is -0.466 e. The van der Waals surface area contributed by atoms with Crippen LogP contribution >= 0.6 is 0 Å². The Hall–Kier alpha value is -5.40. The van der Waals surface area contributed by atoms with E-state index in [2.05, 4.69) is 33.5 Å². The summed E-state index contributed by atoms with van der Waals surface area (Å²) in [6, 6.07) is 35.2. The van der Waals surface area contributed by atoms with Gasteiger partial charge in [-0.15, -0.1) is 0 Å². The van der Waals surface area contributed by atoms with Crippen molar-refractivity contribution in [3.05, 3.63) is 155 Å². The van der Waals surface area contributed by atoms with Gasteiger partial charge in [-0.05, 0) is 53.8 Å². The normalized spacial score (nSPS) is 11.9. The summed E-state index contributed by atoms with van der Waals surface area (Å²) in [5.41, 5.74) is 11.1. The van der Waals surface area contributed by atoms with E-state index in [1.54, 1.807) is 36.4 Å². The van der Waals surface area contributed by atoms with Gasteiger partial charge in [0, 0.05) is 30.0 Å². The number of aldehydes is 1. The molecule has 0 aliphatic rings. The Morgan fingerprint density at radius 3 is 1.44 bits per heavy atom. The minimum absolute atomic E-state index is 0.0823. The quantitative estimate of drug-likeness (QED) is 0.0920. The smallest absolute Gasteiger partial charge is 0.330 e. The summed E-state index contributed by atoms with van der Waals surface area (Å²) < 4.78 is 9.04. The topological polar surface area (TPSA) is 108 Å². The second kappa shape index (κ2) is 20.5. The molecule has 0 amide bonds. The zero-order valence-electron chi connectivity index (χ0n) is 26.1. The van der Waals surface area contributed by atoms with Crippen molar-refractivity contribution in [2.24, 2.45) is 10.7 Å². The van der Waals surface area contributed by atoms with E-state index in [0.717, 1.165) is 17.4 Å².